The fourth-order valence-electron chi connectivity index (χ4n) is 1.41. The van der Waals surface area contributed by atoms with Crippen molar-refractivity contribution in [3.63, 3.8) is 0 Å². The summed E-state index contributed by atoms with van der Waals surface area (Å²) in [6, 6.07) is 2.60. The molecule has 0 saturated carbocycles. The Morgan fingerprint density at radius 2 is 2.07 bits per heavy atom. The number of rotatable bonds is 0. The molecule has 0 aliphatic carbocycles. The minimum Gasteiger partial charge on any atom is -0.276 e. The van der Waals surface area contributed by atoms with Crippen LogP contribution in [0.2, 0.25) is 0 Å². The lowest BCUT2D eigenvalue weighted by molar-refractivity contribution is -0.156. The quantitative estimate of drug-likeness (QED) is 0.597. The molecule has 2 rings (SSSR count). The standard InChI is InChI=1S/C9H6F2N2O2/c1-13-7(14)5-3-2-4-12-6(5)9(10,11)8(13)15/h2-4H,1H3. The van der Waals surface area contributed by atoms with E-state index in [-0.39, 0.29) is 5.56 Å². The van der Waals surface area contributed by atoms with Gasteiger partial charge in [-0.3, -0.25) is 19.5 Å². The van der Waals surface area contributed by atoms with Gasteiger partial charge >= 0.3 is 11.8 Å². The summed E-state index contributed by atoms with van der Waals surface area (Å²) in [4.78, 5) is 26.4. The van der Waals surface area contributed by atoms with Gasteiger partial charge in [0.2, 0.25) is 0 Å². The Bertz CT molecular complexity index is 459. The van der Waals surface area contributed by atoms with Crippen LogP contribution in [0, 0.1) is 0 Å². The molecule has 78 valence electrons. The Hall–Kier alpha value is -1.85. The van der Waals surface area contributed by atoms with Gasteiger partial charge in [0.25, 0.3) is 5.91 Å². The predicted molar refractivity (Wildman–Crippen MR) is 45.2 cm³/mol. The van der Waals surface area contributed by atoms with Crippen LogP contribution in [0.15, 0.2) is 18.3 Å². The van der Waals surface area contributed by atoms with Crippen LogP contribution < -0.4 is 0 Å². The number of likely N-dealkylation sites (N-methyl/N-ethyl adjacent to an activating group) is 1. The van der Waals surface area contributed by atoms with Crippen molar-refractivity contribution in [1.82, 2.24) is 9.88 Å². The number of carbonyl (C=O) groups excluding carboxylic acids is 2. The van der Waals surface area contributed by atoms with Crippen LogP contribution in [-0.4, -0.2) is 28.7 Å². The van der Waals surface area contributed by atoms with Crippen molar-refractivity contribution in [2.24, 2.45) is 0 Å². The van der Waals surface area contributed by atoms with Gasteiger partial charge in [-0.2, -0.15) is 8.78 Å². The second-order valence-corrected chi connectivity index (χ2v) is 3.14. The van der Waals surface area contributed by atoms with Crippen LogP contribution >= 0.6 is 0 Å². The van der Waals surface area contributed by atoms with Gasteiger partial charge < -0.3 is 0 Å². The number of pyridine rings is 1. The van der Waals surface area contributed by atoms with E-state index in [1.807, 2.05) is 0 Å². The number of hydrogen-bond donors (Lipinski definition) is 0. The molecule has 1 aromatic heterocycles. The van der Waals surface area contributed by atoms with Crippen LogP contribution in [0.5, 0.6) is 0 Å². The van der Waals surface area contributed by atoms with Crippen LogP contribution in [0.3, 0.4) is 0 Å². The zero-order chi connectivity index (χ0) is 11.2. The number of alkyl halides is 2. The average Bonchev–Trinajstić information content (AvgIpc) is 2.24. The molecule has 4 nitrogen and oxygen atoms in total. The van der Waals surface area contributed by atoms with Crippen molar-refractivity contribution in [3.05, 3.63) is 29.6 Å². The van der Waals surface area contributed by atoms with Gasteiger partial charge in [-0.15, -0.1) is 0 Å². The van der Waals surface area contributed by atoms with Crippen molar-refractivity contribution < 1.29 is 18.4 Å². The molecule has 1 aromatic rings. The van der Waals surface area contributed by atoms with Gasteiger partial charge in [0.05, 0.1) is 5.56 Å². The molecule has 1 aliphatic rings. The lowest BCUT2D eigenvalue weighted by atomic mass is 10.0. The normalized spacial score (nSPS) is 19.0. The fourth-order valence-corrected chi connectivity index (χ4v) is 1.41. The van der Waals surface area contributed by atoms with E-state index in [0.29, 0.717) is 4.90 Å². The number of imide groups is 1. The maximum Gasteiger partial charge on any atom is 0.367 e. The monoisotopic (exact) mass is 212 g/mol. The summed E-state index contributed by atoms with van der Waals surface area (Å²) in [5.41, 5.74) is -0.998. The highest BCUT2D eigenvalue weighted by Crippen LogP contribution is 2.35. The molecule has 0 aromatic carbocycles. The Morgan fingerprint density at radius 1 is 1.40 bits per heavy atom. The first kappa shape index (κ1) is 9.70. The van der Waals surface area contributed by atoms with Crippen LogP contribution in [0.25, 0.3) is 0 Å². The summed E-state index contributed by atoms with van der Waals surface area (Å²) in [6.07, 6.45) is 1.12. The van der Waals surface area contributed by atoms with Crippen LogP contribution in [0.4, 0.5) is 8.78 Å². The first-order valence-corrected chi connectivity index (χ1v) is 4.12. The molecular formula is C9H6F2N2O2. The molecule has 0 fully saturated rings. The van der Waals surface area contributed by atoms with Gasteiger partial charge in [0, 0.05) is 13.2 Å². The average molecular weight is 212 g/mol. The molecule has 0 N–H and O–H groups in total. The number of carbonyl (C=O) groups is 2. The molecule has 2 heterocycles. The maximum absolute atomic E-state index is 13.4. The van der Waals surface area contributed by atoms with Gasteiger partial charge in [-0.05, 0) is 12.1 Å². The smallest absolute Gasteiger partial charge is 0.276 e. The second-order valence-electron chi connectivity index (χ2n) is 3.14. The molecule has 0 unspecified atom stereocenters. The molecule has 0 spiro atoms. The zero-order valence-electron chi connectivity index (χ0n) is 7.70. The van der Waals surface area contributed by atoms with E-state index >= 15 is 0 Å². The van der Waals surface area contributed by atoms with Gasteiger partial charge in [-0.25, -0.2) is 0 Å². The van der Waals surface area contributed by atoms with Crippen LogP contribution in [0.1, 0.15) is 16.1 Å². The van der Waals surface area contributed by atoms with E-state index in [9.17, 15) is 18.4 Å². The van der Waals surface area contributed by atoms with Crippen molar-refractivity contribution in [2.75, 3.05) is 7.05 Å². The van der Waals surface area contributed by atoms with Crippen LogP contribution in [-0.2, 0) is 10.7 Å². The van der Waals surface area contributed by atoms with E-state index in [4.69, 9.17) is 0 Å². The maximum atomic E-state index is 13.4. The number of nitrogens with zero attached hydrogens (tertiary/aromatic N) is 2. The Labute approximate surface area is 83.5 Å². The van der Waals surface area contributed by atoms with Crippen molar-refractivity contribution >= 4 is 11.8 Å². The fraction of sp³-hybridized carbons (Fsp3) is 0.222. The number of hydrogen-bond acceptors (Lipinski definition) is 3. The zero-order valence-corrected chi connectivity index (χ0v) is 7.70. The molecule has 6 heteroatoms. The van der Waals surface area contributed by atoms with E-state index < -0.39 is 23.4 Å². The molecule has 2 amide bonds. The molecule has 0 atom stereocenters. The number of halogens is 2. The second kappa shape index (κ2) is 2.82. The van der Waals surface area contributed by atoms with Crippen molar-refractivity contribution in [3.8, 4) is 0 Å². The van der Waals surface area contributed by atoms with Crippen molar-refractivity contribution in [2.45, 2.75) is 5.92 Å². The minimum absolute atomic E-state index is 0.232. The molecule has 0 saturated heterocycles. The predicted octanol–water partition coefficient (Wildman–Crippen LogP) is 0.786. The third-order valence-corrected chi connectivity index (χ3v) is 2.21. The summed E-state index contributed by atoms with van der Waals surface area (Å²) in [6.45, 7) is 0. The SMILES string of the molecule is CN1C(=O)c2cccnc2C(F)(F)C1=O. The summed E-state index contributed by atoms with van der Waals surface area (Å²) in [7, 11) is 1.02. The van der Waals surface area contributed by atoms with Gasteiger partial charge in [-0.1, -0.05) is 0 Å². The highest BCUT2D eigenvalue weighted by atomic mass is 19.3. The highest BCUT2D eigenvalue weighted by Gasteiger charge is 2.52. The lowest BCUT2D eigenvalue weighted by Gasteiger charge is -2.28. The Balaban J connectivity index is 2.72. The third kappa shape index (κ3) is 1.14. The molecule has 15 heavy (non-hydrogen) atoms. The molecular weight excluding hydrogens is 206 g/mol. The van der Waals surface area contributed by atoms with Crippen molar-refractivity contribution in [1.29, 1.82) is 0 Å². The van der Waals surface area contributed by atoms with Gasteiger partial charge in [0.1, 0.15) is 5.69 Å². The summed E-state index contributed by atoms with van der Waals surface area (Å²) in [5, 5.41) is 0. The number of aromatic nitrogens is 1. The molecule has 0 bridgehead atoms. The summed E-state index contributed by atoms with van der Waals surface area (Å²) < 4.78 is 26.8. The molecule has 1 aliphatic heterocycles. The minimum atomic E-state index is -3.72. The number of amides is 2. The lowest BCUT2D eigenvalue weighted by Crippen LogP contribution is -2.48. The highest BCUT2D eigenvalue weighted by molar-refractivity contribution is 6.11. The van der Waals surface area contributed by atoms with E-state index in [1.165, 1.54) is 12.1 Å². The first-order valence-electron chi connectivity index (χ1n) is 4.12. The topological polar surface area (TPSA) is 50.3 Å². The third-order valence-electron chi connectivity index (χ3n) is 2.21. The van der Waals surface area contributed by atoms with E-state index in [1.54, 1.807) is 0 Å². The van der Waals surface area contributed by atoms with Gasteiger partial charge in [0.15, 0.2) is 0 Å². The Morgan fingerprint density at radius 3 is 2.73 bits per heavy atom. The summed E-state index contributed by atoms with van der Waals surface area (Å²) in [5.74, 6) is -6.02. The molecule has 0 radical (unpaired) electrons. The summed E-state index contributed by atoms with van der Waals surface area (Å²) >= 11 is 0. The number of fused-ring (bicyclic) bond motifs is 1. The largest absolute Gasteiger partial charge is 0.367 e. The first-order chi connectivity index (χ1) is 6.96. The van der Waals surface area contributed by atoms with E-state index in [2.05, 4.69) is 4.98 Å². The van der Waals surface area contributed by atoms with E-state index in [0.717, 1.165) is 13.2 Å². The Kier molecular flexibility index (Phi) is 1.82.